The molecule has 0 amide bonds. The third-order valence-electron chi connectivity index (χ3n) is 1.50. The number of carboxylic acid groups (broad SMARTS) is 1. The Bertz CT molecular complexity index is 320. The number of aliphatic hydroxyl groups excluding tert-OH is 3. The Morgan fingerprint density at radius 2 is 1.55 bits per heavy atom. The van der Waals surface area contributed by atoms with Crippen LogP contribution in [0.15, 0.2) is 30.3 Å². The predicted octanol–water partition coefficient (Wildman–Crippen LogP) is 0.897. The Balaban J connectivity index is 0. The molecule has 0 radical (unpaired) electrons. The van der Waals surface area contributed by atoms with Crippen molar-refractivity contribution in [1.82, 2.24) is 0 Å². The second-order valence-electron chi connectivity index (χ2n) is 4.02. The van der Waals surface area contributed by atoms with E-state index >= 15 is 0 Å². The molecule has 0 aliphatic carbocycles. The van der Waals surface area contributed by atoms with Gasteiger partial charge < -0.3 is 25.2 Å². The monoisotopic (exact) mass is 288 g/mol. The number of rotatable bonds is 4. The lowest BCUT2D eigenvalue weighted by atomic mass is 10.3. The van der Waals surface area contributed by atoms with Crippen molar-refractivity contribution >= 4 is 5.97 Å². The highest BCUT2D eigenvalue weighted by atomic mass is 16.5. The van der Waals surface area contributed by atoms with Crippen molar-refractivity contribution < 1.29 is 30.0 Å². The molecule has 1 aromatic carbocycles. The summed E-state index contributed by atoms with van der Waals surface area (Å²) in [6.07, 6.45) is -0.967. The van der Waals surface area contributed by atoms with Crippen molar-refractivity contribution in [2.75, 3.05) is 13.2 Å². The first-order chi connectivity index (χ1) is 9.29. The smallest absolute Gasteiger partial charge is 0.300 e. The van der Waals surface area contributed by atoms with E-state index in [2.05, 4.69) is 0 Å². The molecule has 0 bridgehead atoms. The Morgan fingerprint density at radius 3 is 1.85 bits per heavy atom. The predicted molar refractivity (Wildman–Crippen MR) is 75.7 cm³/mol. The average Bonchev–Trinajstić information content (AvgIpc) is 2.37. The van der Waals surface area contributed by atoms with Gasteiger partial charge in [-0.15, -0.1) is 0 Å². The zero-order valence-corrected chi connectivity index (χ0v) is 12.1. The molecule has 2 unspecified atom stereocenters. The van der Waals surface area contributed by atoms with E-state index in [-0.39, 0.29) is 6.61 Å². The number of ether oxygens (including phenoxy) is 1. The minimum atomic E-state index is -0.833. The second-order valence-corrected chi connectivity index (χ2v) is 4.02. The van der Waals surface area contributed by atoms with Crippen molar-refractivity contribution in [2.45, 2.75) is 33.0 Å². The van der Waals surface area contributed by atoms with Gasteiger partial charge in [-0.25, -0.2) is 0 Å². The molecule has 116 valence electrons. The Kier molecular flexibility index (Phi) is 14.3. The maximum atomic E-state index is 9.00. The van der Waals surface area contributed by atoms with Gasteiger partial charge in [0.1, 0.15) is 12.4 Å². The number of benzene rings is 1. The van der Waals surface area contributed by atoms with Crippen LogP contribution < -0.4 is 4.74 Å². The van der Waals surface area contributed by atoms with Gasteiger partial charge in [0.25, 0.3) is 5.97 Å². The number of carbonyl (C=O) groups is 1. The van der Waals surface area contributed by atoms with E-state index in [1.54, 1.807) is 6.92 Å². The molecule has 20 heavy (non-hydrogen) atoms. The molecule has 1 rings (SSSR count). The van der Waals surface area contributed by atoms with Crippen LogP contribution in [-0.4, -0.2) is 51.8 Å². The summed E-state index contributed by atoms with van der Waals surface area (Å²) < 4.78 is 5.22. The van der Waals surface area contributed by atoms with Gasteiger partial charge in [-0.1, -0.05) is 18.2 Å². The first kappa shape index (κ1) is 20.7. The topological polar surface area (TPSA) is 107 Å². The molecule has 6 heteroatoms. The van der Waals surface area contributed by atoms with Crippen molar-refractivity contribution in [3.63, 3.8) is 0 Å². The molecule has 0 saturated carbocycles. The summed E-state index contributed by atoms with van der Waals surface area (Å²) in [5.74, 6) is -0.0339. The molecule has 2 atom stereocenters. The summed E-state index contributed by atoms with van der Waals surface area (Å²) in [6.45, 7) is 4.52. The van der Waals surface area contributed by atoms with Crippen molar-refractivity contribution in [1.29, 1.82) is 0 Å². The first-order valence-electron chi connectivity index (χ1n) is 6.14. The van der Waals surface area contributed by atoms with Crippen molar-refractivity contribution in [3.8, 4) is 5.75 Å². The Hall–Kier alpha value is -1.63. The molecule has 0 spiro atoms. The molecule has 0 aliphatic rings. The molecular weight excluding hydrogens is 264 g/mol. The number of hydrogen-bond donors (Lipinski definition) is 4. The zero-order valence-electron chi connectivity index (χ0n) is 12.1. The number of hydrogen-bond acceptors (Lipinski definition) is 5. The van der Waals surface area contributed by atoms with E-state index in [9.17, 15) is 0 Å². The third kappa shape index (κ3) is 21.6. The molecule has 0 aliphatic heterocycles. The van der Waals surface area contributed by atoms with E-state index in [1.165, 1.54) is 6.92 Å². The first-order valence-corrected chi connectivity index (χ1v) is 6.14. The minimum absolute atomic E-state index is 0.139. The lowest BCUT2D eigenvalue weighted by Crippen LogP contribution is -2.12. The zero-order chi connectivity index (χ0) is 16.0. The lowest BCUT2D eigenvalue weighted by molar-refractivity contribution is -0.134. The molecule has 1 aromatic rings. The maximum Gasteiger partial charge on any atom is 0.300 e. The molecule has 4 N–H and O–H groups in total. The van der Waals surface area contributed by atoms with E-state index in [0.29, 0.717) is 6.61 Å². The maximum absolute atomic E-state index is 9.00. The number of aliphatic carboxylic acids is 1. The van der Waals surface area contributed by atoms with Gasteiger partial charge in [-0.3, -0.25) is 4.79 Å². The van der Waals surface area contributed by atoms with Crippen LogP contribution in [0.1, 0.15) is 20.8 Å². The normalized spacial score (nSPS) is 11.9. The molecule has 6 nitrogen and oxygen atoms in total. The van der Waals surface area contributed by atoms with Crippen LogP contribution >= 0.6 is 0 Å². The van der Waals surface area contributed by atoms with E-state index in [4.69, 9.17) is 30.0 Å². The molecule has 0 saturated heterocycles. The van der Waals surface area contributed by atoms with Crippen LogP contribution in [0.4, 0.5) is 0 Å². The van der Waals surface area contributed by atoms with Crippen molar-refractivity contribution in [2.24, 2.45) is 0 Å². The van der Waals surface area contributed by atoms with Gasteiger partial charge in [-0.05, 0) is 26.0 Å². The van der Waals surface area contributed by atoms with Gasteiger partial charge in [0.15, 0.2) is 0 Å². The summed E-state index contributed by atoms with van der Waals surface area (Å²) in [5.41, 5.74) is 0. The fourth-order valence-corrected chi connectivity index (χ4v) is 0.734. The van der Waals surface area contributed by atoms with Gasteiger partial charge >= 0.3 is 0 Å². The van der Waals surface area contributed by atoms with E-state index < -0.39 is 18.2 Å². The highest BCUT2D eigenvalue weighted by Crippen LogP contribution is 2.07. The fourth-order valence-electron chi connectivity index (χ4n) is 0.734. The third-order valence-corrected chi connectivity index (χ3v) is 1.50. The summed E-state index contributed by atoms with van der Waals surface area (Å²) in [5, 5.41) is 32.3. The summed E-state index contributed by atoms with van der Waals surface area (Å²) in [4.78, 5) is 9.00. The van der Waals surface area contributed by atoms with Crippen molar-refractivity contribution in [3.05, 3.63) is 30.3 Å². The van der Waals surface area contributed by atoms with Gasteiger partial charge in [-0.2, -0.15) is 0 Å². The van der Waals surface area contributed by atoms with Crippen LogP contribution in [0.5, 0.6) is 5.75 Å². The summed E-state index contributed by atoms with van der Waals surface area (Å²) in [6, 6.07) is 9.45. The average molecular weight is 288 g/mol. The molecule has 0 aromatic heterocycles. The Labute approximate surface area is 119 Å². The van der Waals surface area contributed by atoms with E-state index in [0.717, 1.165) is 12.7 Å². The standard InChI is InChI=1S/C9H12O2.C3H8O2.C2H4O2/c1-8(10)7-11-9-5-3-2-4-6-9;1-3(5)2-4;1-2(3)4/h2-6,8,10H,7H2,1H3;3-5H,2H2,1H3;1H3,(H,3,4). The van der Waals surface area contributed by atoms with E-state index in [1.807, 2.05) is 30.3 Å². The quantitative estimate of drug-likeness (QED) is 0.655. The minimum Gasteiger partial charge on any atom is -0.491 e. The highest BCUT2D eigenvalue weighted by molar-refractivity contribution is 5.62. The largest absolute Gasteiger partial charge is 0.491 e. The SMILES string of the molecule is CC(=O)O.CC(O)CO.CC(O)COc1ccccc1. The number of carboxylic acids is 1. The van der Waals surface area contributed by atoms with Crippen LogP contribution in [-0.2, 0) is 4.79 Å². The number of para-hydroxylation sites is 1. The highest BCUT2D eigenvalue weighted by Gasteiger charge is 1.95. The molecular formula is C14H24O6. The van der Waals surface area contributed by atoms with Crippen LogP contribution in [0.3, 0.4) is 0 Å². The van der Waals surface area contributed by atoms with Gasteiger partial charge in [0.2, 0.25) is 0 Å². The van der Waals surface area contributed by atoms with Gasteiger partial charge in [0, 0.05) is 6.92 Å². The molecule has 0 heterocycles. The second kappa shape index (κ2) is 13.8. The summed E-state index contributed by atoms with van der Waals surface area (Å²) in [7, 11) is 0. The van der Waals surface area contributed by atoms with Crippen LogP contribution in [0.2, 0.25) is 0 Å². The van der Waals surface area contributed by atoms with Crippen LogP contribution in [0.25, 0.3) is 0 Å². The van der Waals surface area contributed by atoms with Gasteiger partial charge in [0.05, 0.1) is 18.8 Å². The summed E-state index contributed by atoms with van der Waals surface area (Å²) >= 11 is 0. The number of aliphatic hydroxyl groups is 3. The fraction of sp³-hybridized carbons (Fsp3) is 0.500. The van der Waals surface area contributed by atoms with Crippen LogP contribution in [0, 0.1) is 0 Å². The molecule has 0 fully saturated rings. The lowest BCUT2D eigenvalue weighted by Gasteiger charge is -2.06. The Morgan fingerprint density at radius 1 is 1.15 bits per heavy atom.